The number of urea groups is 1. The number of anilines is 1. The van der Waals surface area contributed by atoms with Crippen LogP contribution in [-0.4, -0.2) is 11.9 Å². The maximum atomic E-state index is 13.6. The molecule has 0 atom stereocenters. The maximum Gasteiger partial charge on any atom is 0.347 e. The topological polar surface area (TPSA) is 67.5 Å². The van der Waals surface area contributed by atoms with E-state index in [-0.39, 0.29) is 16.4 Å². The van der Waals surface area contributed by atoms with Gasteiger partial charge in [-0.1, -0.05) is 35.4 Å². The lowest BCUT2D eigenvalue weighted by atomic mass is 10.2. The smallest absolute Gasteiger partial charge is 0.347 e. The van der Waals surface area contributed by atoms with Crippen LogP contribution in [0.5, 0.6) is 0 Å². The Labute approximate surface area is 126 Å². The first-order valence-electron chi connectivity index (χ1n) is 6.13. The quantitative estimate of drug-likeness (QED) is 0.656. The Morgan fingerprint density at radius 2 is 1.90 bits per heavy atom. The lowest BCUT2D eigenvalue weighted by Crippen LogP contribution is -2.20. The van der Waals surface area contributed by atoms with E-state index in [2.05, 4.69) is 10.3 Å². The normalized spacial score (nSPS) is 11.3. The predicted octanol–water partition coefficient (Wildman–Crippen LogP) is 3.72. The summed E-state index contributed by atoms with van der Waals surface area (Å²) in [6, 6.07) is 10.6. The highest BCUT2D eigenvalue weighted by atomic mass is 35.5. The van der Waals surface area contributed by atoms with Crippen LogP contribution < -0.4 is 11.1 Å². The fraction of sp³-hybridized carbons (Fsp3) is 0.0667. The number of nitrogens with two attached hydrogens (primary N) is 1. The number of benzene rings is 2. The Hall–Kier alpha value is -2.40. The summed E-state index contributed by atoms with van der Waals surface area (Å²) < 4.78 is 13.6. The molecular weight excluding hydrogens is 293 g/mol. The number of halogens is 2. The molecule has 0 saturated heterocycles. The van der Waals surface area contributed by atoms with Crippen molar-refractivity contribution in [1.29, 1.82) is 0 Å². The number of amidine groups is 1. The summed E-state index contributed by atoms with van der Waals surface area (Å²) in [4.78, 5) is 15.4. The minimum absolute atomic E-state index is 0.0850. The lowest BCUT2D eigenvalue weighted by Gasteiger charge is -2.06. The zero-order chi connectivity index (χ0) is 15.4. The van der Waals surface area contributed by atoms with E-state index in [1.165, 1.54) is 18.2 Å². The van der Waals surface area contributed by atoms with Crippen molar-refractivity contribution in [2.75, 3.05) is 5.32 Å². The summed E-state index contributed by atoms with van der Waals surface area (Å²) in [5, 5.41) is 2.63. The van der Waals surface area contributed by atoms with E-state index in [4.69, 9.17) is 17.3 Å². The highest BCUT2D eigenvalue weighted by Gasteiger charge is 2.12. The molecule has 0 aliphatic rings. The molecule has 0 aliphatic carbocycles. The van der Waals surface area contributed by atoms with E-state index in [1.807, 2.05) is 19.1 Å². The van der Waals surface area contributed by atoms with Gasteiger partial charge in [0.15, 0.2) is 0 Å². The van der Waals surface area contributed by atoms with Crippen LogP contribution in [0.4, 0.5) is 14.9 Å². The molecule has 0 heterocycles. The minimum Gasteiger partial charge on any atom is -0.383 e. The third kappa shape index (κ3) is 3.79. The second-order valence-electron chi connectivity index (χ2n) is 4.39. The Morgan fingerprint density at radius 1 is 1.24 bits per heavy atom. The molecule has 0 saturated carbocycles. The van der Waals surface area contributed by atoms with Gasteiger partial charge in [0.1, 0.15) is 11.7 Å². The van der Waals surface area contributed by atoms with Crippen LogP contribution in [-0.2, 0) is 0 Å². The molecule has 0 aliphatic heterocycles. The van der Waals surface area contributed by atoms with E-state index in [0.29, 0.717) is 5.69 Å². The fourth-order valence-corrected chi connectivity index (χ4v) is 1.96. The molecular formula is C15H13ClFN3O. The van der Waals surface area contributed by atoms with Crippen LogP contribution in [0.2, 0.25) is 5.02 Å². The molecule has 108 valence electrons. The first-order valence-corrected chi connectivity index (χ1v) is 6.51. The van der Waals surface area contributed by atoms with Crippen molar-refractivity contribution in [2.24, 2.45) is 10.7 Å². The molecule has 3 N–H and O–H groups in total. The van der Waals surface area contributed by atoms with Crippen molar-refractivity contribution in [2.45, 2.75) is 6.92 Å². The van der Waals surface area contributed by atoms with Crippen molar-refractivity contribution < 1.29 is 9.18 Å². The highest BCUT2D eigenvalue weighted by Crippen LogP contribution is 2.18. The number of amides is 2. The second kappa shape index (κ2) is 6.37. The van der Waals surface area contributed by atoms with Crippen LogP contribution in [0.3, 0.4) is 0 Å². The Kier molecular flexibility index (Phi) is 4.55. The summed E-state index contributed by atoms with van der Waals surface area (Å²) in [7, 11) is 0. The number of hydrogen-bond donors (Lipinski definition) is 2. The molecule has 2 aromatic carbocycles. The molecule has 2 rings (SSSR count). The number of nitrogens with zero attached hydrogens (tertiary/aromatic N) is 1. The molecule has 4 nitrogen and oxygen atoms in total. The highest BCUT2D eigenvalue weighted by molar-refractivity contribution is 6.34. The SMILES string of the molecule is Cc1ccc(NC(=O)/N=C(\N)c2c(F)cccc2Cl)cc1. The average Bonchev–Trinajstić information content (AvgIpc) is 2.41. The first kappa shape index (κ1) is 15.0. The number of nitrogens with one attached hydrogen (secondary N) is 1. The molecule has 6 heteroatoms. The van der Waals surface area contributed by atoms with Crippen LogP contribution in [0, 0.1) is 12.7 Å². The Bertz CT molecular complexity index is 678. The first-order chi connectivity index (χ1) is 9.97. The van der Waals surface area contributed by atoms with Crippen LogP contribution >= 0.6 is 11.6 Å². The van der Waals surface area contributed by atoms with Gasteiger partial charge in [-0.3, -0.25) is 0 Å². The summed E-state index contributed by atoms with van der Waals surface area (Å²) >= 11 is 5.85. The molecule has 0 spiro atoms. The number of carbonyl (C=O) groups is 1. The van der Waals surface area contributed by atoms with Crippen molar-refractivity contribution in [1.82, 2.24) is 0 Å². The van der Waals surface area contributed by atoms with E-state index in [0.717, 1.165) is 5.56 Å². The molecule has 0 aromatic heterocycles. The van der Waals surface area contributed by atoms with Crippen molar-refractivity contribution in [3.8, 4) is 0 Å². The summed E-state index contributed by atoms with van der Waals surface area (Å²) in [6.45, 7) is 1.93. The number of rotatable bonds is 2. The second-order valence-corrected chi connectivity index (χ2v) is 4.80. The number of carbonyl (C=O) groups excluding carboxylic acids is 1. The van der Waals surface area contributed by atoms with Crippen LogP contribution in [0.1, 0.15) is 11.1 Å². The van der Waals surface area contributed by atoms with Crippen molar-refractivity contribution in [3.05, 3.63) is 64.4 Å². The Morgan fingerprint density at radius 3 is 2.52 bits per heavy atom. The van der Waals surface area contributed by atoms with Crippen molar-refractivity contribution in [3.63, 3.8) is 0 Å². The Balaban J connectivity index is 2.18. The molecule has 21 heavy (non-hydrogen) atoms. The monoisotopic (exact) mass is 305 g/mol. The van der Waals surface area contributed by atoms with Gasteiger partial charge in [0.25, 0.3) is 0 Å². The van der Waals surface area contributed by atoms with Gasteiger partial charge >= 0.3 is 6.03 Å². The lowest BCUT2D eigenvalue weighted by molar-refractivity contribution is 0.259. The summed E-state index contributed by atoms with van der Waals surface area (Å²) in [5.41, 5.74) is 7.19. The molecule has 0 bridgehead atoms. The van der Waals surface area contributed by atoms with Crippen molar-refractivity contribution >= 4 is 29.2 Å². The standard InChI is InChI=1S/C15H13ClFN3O/c1-9-5-7-10(8-6-9)19-15(21)20-14(18)13-11(16)3-2-4-12(13)17/h2-8H,1H3,(H3,18,19,20,21). The van der Waals surface area contributed by atoms with Crippen LogP contribution in [0.25, 0.3) is 0 Å². The van der Waals surface area contributed by atoms with Gasteiger partial charge in [0.05, 0.1) is 10.6 Å². The number of aryl methyl sites for hydroxylation is 1. The van der Waals surface area contributed by atoms with E-state index >= 15 is 0 Å². The van der Waals surface area contributed by atoms with E-state index in [1.54, 1.807) is 12.1 Å². The molecule has 0 fully saturated rings. The maximum absolute atomic E-state index is 13.6. The van der Waals surface area contributed by atoms with Gasteiger partial charge in [-0.2, -0.15) is 4.99 Å². The minimum atomic E-state index is -0.698. The van der Waals surface area contributed by atoms with Gasteiger partial charge < -0.3 is 11.1 Å². The molecule has 2 amide bonds. The van der Waals surface area contributed by atoms with Gasteiger partial charge in [0, 0.05) is 5.69 Å². The number of hydrogen-bond acceptors (Lipinski definition) is 1. The van der Waals surface area contributed by atoms with Gasteiger partial charge in [-0.15, -0.1) is 0 Å². The summed E-state index contributed by atoms with van der Waals surface area (Å²) in [5.74, 6) is -0.908. The fourth-order valence-electron chi connectivity index (χ4n) is 1.70. The van der Waals surface area contributed by atoms with Gasteiger partial charge in [-0.25, -0.2) is 9.18 Å². The third-order valence-electron chi connectivity index (χ3n) is 2.74. The molecule has 0 radical (unpaired) electrons. The largest absolute Gasteiger partial charge is 0.383 e. The zero-order valence-electron chi connectivity index (χ0n) is 11.2. The zero-order valence-corrected chi connectivity index (χ0v) is 12.0. The van der Waals surface area contributed by atoms with Gasteiger partial charge in [-0.05, 0) is 31.2 Å². The predicted molar refractivity (Wildman–Crippen MR) is 82.3 cm³/mol. The van der Waals surface area contributed by atoms with Crippen LogP contribution in [0.15, 0.2) is 47.5 Å². The molecule has 0 unspecified atom stereocenters. The summed E-state index contributed by atoms with van der Waals surface area (Å²) in [6.07, 6.45) is 0. The molecule has 2 aromatic rings. The van der Waals surface area contributed by atoms with Gasteiger partial charge in [0.2, 0.25) is 0 Å². The van der Waals surface area contributed by atoms with E-state index in [9.17, 15) is 9.18 Å². The number of aliphatic imine (C=N–C) groups is 1. The average molecular weight is 306 g/mol. The third-order valence-corrected chi connectivity index (χ3v) is 3.06. The van der Waals surface area contributed by atoms with E-state index < -0.39 is 11.8 Å².